The first-order valence-electron chi connectivity index (χ1n) is 8.67. The quantitative estimate of drug-likeness (QED) is 0.553. The van der Waals surface area contributed by atoms with Crippen LogP contribution in [-0.4, -0.2) is 17.0 Å². The number of rotatable bonds is 9. The van der Waals surface area contributed by atoms with Gasteiger partial charge in [-0.3, -0.25) is 4.79 Å². The summed E-state index contributed by atoms with van der Waals surface area (Å²) in [6, 6.07) is 10.2. The van der Waals surface area contributed by atoms with Gasteiger partial charge < -0.3 is 9.88 Å². The molecule has 0 bridgehead atoms. The van der Waals surface area contributed by atoms with Crippen LogP contribution in [0.15, 0.2) is 36.5 Å². The van der Waals surface area contributed by atoms with Crippen LogP contribution in [0.2, 0.25) is 0 Å². The average Bonchev–Trinajstić information content (AvgIpc) is 2.96. The molecule has 0 atom stereocenters. The van der Waals surface area contributed by atoms with Gasteiger partial charge in [-0.1, -0.05) is 44.4 Å². The van der Waals surface area contributed by atoms with E-state index in [0.717, 1.165) is 35.9 Å². The van der Waals surface area contributed by atoms with Crippen LogP contribution in [0.4, 0.5) is 0 Å². The molecule has 126 valence electrons. The van der Waals surface area contributed by atoms with Crippen LogP contribution in [0.25, 0.3) is 17.0 Å². The van der Waals surface area contributed by atoms with E-state index in [9.17, 15) is 4.79 Å². The van der Waals surface area contributed by atoms with Crippen LogP contribution >= 0.6 is 0 Å². The number of amides is 1. The summed E-state index contributed by atoms with van der Waals surface area (Å²) in [5.41, 5.74) is 2.09. The average molecular weight is 323 g/mol. The fourth-order valence-corrected chi connectivity index (χ4v) is 2.75. The van der Waals surface area contributed by atoms with Gasteiger partial charge >= 0.3 is 0 Å². The second kappa shape index (κ2) is 9.57. The van der Waals surface area contributed by atoms with E-state index in [1.165, 1.54) is 12.8 Å². The monoisotopic (exact) mass is 323 g/mol. The van der Waals surface area contributed by atoms with Gasteiger partial charge in [0.2, 0.25) is 5.91 Å². The summed E-state index contributed by atoms with van der Waals surface area (Å²) in [5.74, 6) is -0.0552. The molecular weight excluding hydrogens is 298 g/mol. The Bertz CT molecular complexity index is 737. The fraction of sp³-hybridized carbons (Fsp3) is 0.400. The number of unbranched alkanes of at least 4 members (excludes halogenated alkanes) is 3. The number of nitriles is 1. The highest BCUT2D eigenvalue weighted by Gasteiger charge is 2.06. The van der Waals surface area contributed by atoms with Gasteiger partial charge in [0.1, 0.15) is 0 Å². The van der Waals surface area contributed by atoms with Crippen molar-refractivity contribution >= 4 is 22.9 Å². The van der Waals surface area contributed by atoms with Crippen LogP contribution in [0.1, 0.15) is 44.6 Å². The van der Waals surface area contributed by atoms with Crippen molar-refractivity contribution in [2.75, 3.05) is 6.54 Å². The second-order valence-electron chi connectivity index (χ2n) is 5.89. The minimum Gasteiger partial charge on any atom is -0.353 e. The van der Waals surface area contributed by atoms with Crippen molar-refractivity contribution in [1.29, 1.82) is 5.26 Å². The first-order valence-corrected chi connectivity index (χ1v) is 8.67. The first-order chi connectivity index (χ1) is 11.8. The van der Waals surface area contributed by atoms with Crippen molar-refractivity contribution in [3.63, 3.8) is 0 Å². The molecule has 1 aromatic carbocycles. The molecule has 0 aliphatic carbocycles. The van der Waals surface area contributed by atoms with Crippen molar-refractivity contribution in [2.45, 2.75) is 45.6 Å². The third kappa shape index (κ3) is 4.99. The molecule has 0 radical (unpaired) electrons. The SMILES string of the molecule is CCCCCCNC(=O)/C=C/c1cn(CCC#N)c2ccccc12. The number of carbonyl (C=O) groups is 1. The maximum absolute atomic E-state index is 11.9. The highest BCUT2D eigenvalue weighted by atomic mass is 16.1. The Hall–Kier alpha value is -2.54. The molecule has 0 saturated carbocycles. The largest absolute Gasteiger partial charge is 0.353 e. The van der Waals surface area contributed by atoms with E-state index in [-0.39, 0.29) is 5.91 Å². The molecule has 2 rings (SSSR count). The van der Waals surface area contributed by atoms with E-state index in [1.54, 1.807) is 6.08 Å². The smallest absolute Gasteiger partial charge is 0.244 e. The maximum Gasteiger partial charge on any atom is 0.244 e. The van der Waals surface area contributed by atoms with E-state index in [0.29, 0.717) is 13.0 Å². The number of carbonyl (C=O) groups excluding carboxylic acids is 1. The van der Waals surface area contributed by atoms with E-state index in [4.69, 9.17) is 5.26 Å². The number of hydrogen-bond acceptors (Lipinski definition) is 2. The van der Waals surface area contributed by atoms with Crippen molar-refractivity contribution in [3.8, 4) is 6.07 Å². The molecule has 1 amide bonds. The van der Waals surface area contributed by atoms with Gasteiger partial charge in [0.05, 0.1) is 12.5 Å². The maximum atomic E-state index is 11.9. The molecule has 1 heterocycles. The number of aryl methyl sites for hydroxylation is 1. The molecule has 0 aliphatic heterocycles. The molecule has 2 aromatic rings. The van der Waals surface area contributed by atoms with Crippen LogP contribution in [0.3, 0.4) is 0 Å². The van der Waals surface area contributed by atoms with Gasteiger partial charge in [0.25, 0.3) is 0 Å². The zero-order chi connectivity index (χ0) is 17.2. The molecule has 4 heteroatoms. The summed E-state index contributed by atoms with van der Waals surface area (Å²) >= 11 is 0. The van der Waals surface area contributed by atoms with Gasteiger partial charge in [-0.25, -0.2) is 0 Å². The van der Waals surface area contributed by atoms with E-state index in [2.05, 4.69) is 22.9 Å². The third-order valence-corrected chi connectivity index (χ3v) is 4.03. The predicted octanol–water partition coefficient (Wildman–Crippen LogP) is 4.26. The van der Waals surface area contributed by atoms with Crippen molar-refractivity contribution < 1.29 is 4.79 Å². The number of fused-ring (bicyclic) bond motifs is 1. The van der Waals surface area contributed by atoms with Gasteiger partial charge in [-0.05, 0) is 18.6 Å². The Kier molecular flexibility index (Phi) is 7.10. The molecule has 1 N–H and O–H groups in total. The summed E-state index contributed by atoms with van der Waals surface area (Å²) in [4.78, 5) is 11.9. The molecule has 0 unspecified atom stereocenters. The number of nitrogens with zero attached hydrogens (tertiary/aromatic N) is 2. The zero-order valence-corrected chi connectivity index (χ0v) is 14.3. The first kappa shape index (κ1) is 17.8. The Morgan fingerprint density at radius 3 is 2.92 bits per heavy atom. The summed E-state index contributed by atoms with van der Waals surface area (Å²) in [7, 11) is 0. The highest BCUT2D eigenvalue weighted by molar-refractivity contribution is 5.96. The lowest BCUT2D eigenvalue weighted by Gasteiger charge is -2.01. The van der Waals surface area contributed by atoms with Crippen LogP contribution in [-0.2, 0) is 11.3 Å². The number of nitrogens with one attached hydrogen (secondary N) is 1. The number of para-hydroxylation sites is 1. The highest BCUT2D eigenvalue weighted by Crippen LogP contribution is 2.22. The van der Waals surface area contributed by atoms with Crippen LogP contribution in [0.5, 0.6) is 0 Å². The molecule has 4 nitrogen and oxygen atoms in total. The van der Waals surface area contributed by atoms with Crippen molar-refractivity contribution in [3.05, 3.63) is 42.1 Å². The lowest BCUT2D eigenvalue weighted by molar-refractivity contribution is -0.116. The Labute approximate surface area is 143 Å². The molecule has 0 fully saturated rings. The molecule has 1 aromatic heterocycles. The second-order valence-corrected chi connectivity index (χ2v) is 5.89. The van der Waals surface area contributed by atoms with E-state index >= 15 is 0 Å². The van der Waals surface area contributed by atoms with Gasteiger partial charge in [0.15, 0.2) is 0 Å². The van der Waals surface area contributed by atoms with E-state index < -0.39 is 0 Å². The molecule has 0 spiro atoms. The van der Waals surface area contributed by atoms with Crippen molar-refractivity contribution in [1.82, 2.24) is 9.88 Å². The summed E-state index contributed by atoms with van der Waals surface area (Å²) in [5, 5.41) is 12.8. The molecule has 0 aliphatic rings. The normalized spacial score (nSPS) is 11.0. The van der Waals surface area contributed by atoms with Crippen LogP contribution < -0.4 is 5.32 Å². The predicted molar refractivity (Wildman–Crippen MR) is 98.4 cm³/mol. The van der Waals surface area contributed by atoms with Crippen molar-refractivity contribution in [2.24, 2.45) is 0 Å². The lowest BCUT2D eigenvalue weighted by Crippen LogP contribution is -2.21. The van der Waals surface area contributed by atoms with E-state index in [1.807, 2.05) is 36.5 Å². The fourth-order valence-electron chi connectivity index (χ4n) is 2.75. The third-order valence-electron chi connectivity index (χ3n) is 4.03. The standard InChI is InChI=1S/C20H25N3O/c1-2-3-4-7-14-22-20(24)12-11-17-16-23(15-8-13-21)19-10-6-5-9-18(17)19/h5-6,9-12,16H,2-4,7-8,14-15H2,1H3,(H,22,24)/b12-11+. The number of aromatic nitrogens is 1. The topological polar surface area (TPSA) is 57.8 Å². The summed E-state index contributed by atoms with van der Waals surface area (Å²) in [6.07, 6.45) is 10.5. The number of benzene rings is 1. The van der Waals surface area contributed by atoms with Gasteiger partial charge in [0, 0.05) is 41.8 Å². The molecule has 0 saturated heterocycles. The minimum absolute atomic E-state index is 0.0552. The Morgan fingerprint density at radius 2 is 2.12 bits per heavy atom. The van der Waals surface area contributed by atoms with Gasteiger partial charge in [-0.15, -0.1) is 0 Å². The summed E-state index contributed by atoms with van der Waals surface area (Å²) in [6.45, 7) is 3.57. The minimum atomic E-state index is -0.0552. The Morgan fingerprint density at radius 1 is 1.29 bits per heavy atom. The number of hydrogen-bond donors (Lipinski definition) is 1. The lowest BCUT2D eigenvalue weighted by atomic mass is 10.1. The Balaban J connectivity index is 2.01. The molecule has 24 heavy (non-hydrogen) atoms. The van der Waals surface area contributed by atoms with Gasteiger partial charge in [-0.2, -0.15) is 5.26 Å². The summed E-state index contributed by atoms with van der Waals surface area (Å²) < 4.78 is 2.07. The zero-order valence-electron chi connectivity index (χ0n) is 14.3. The molecular formula is C20H25N3O. The van der Waals surface area contributed by atoms with Crippen LogP contribution in [0, 0.1) is 11.3 Å².